The number of hydrogen-bond donors (Lipinski definition) is 0. The fraction of sp³-hybridized carbons (Fsp3) is 0.222. The second kappa shape index (κ2) is 5.25. The molecule has 0 saturated heterocycles. The maximum Gasteiger partial charge on any atom is 0.0745 e. The molecule has 3 nitrogen and oxygen atoms in total. The maximum atomic E-state index is 4.98. The van der Waals surface area contributed by atoms with Crippen molar-refractivity contribution in [2.45, 2.75) is 25.8 Å². The lowest BCUT2D eigenvalue weighted by Crippen LogP contribution is -2.29. The van der Waals surface area contributed by atoms with Crippen LogP contribution < -0.4 is 0 Å². The van der Waals surface area contributed by atoms with E-state index in [1.807, 2.05) is 23.0 Å². The summed E-state index contributed by atoms with van der Waals surface area (Å²) in [7, 11) is 0. The molecular weight excluding hydrogens is 294 g/mol. The van der Waals surface area contributed by atoms with Gasteiger partial charge in [0.05, 0.1) is 23.0 Å². The minimum atomic E-state index is -0.0716. The highest BCUT2D eigenvalue weighted by Gasteiger charge is 2.27. The largest absolute Gasteiger partial charge is 0.278 e. The molecule has 0 N–H and O–H groups in total. The van der Waals surface area contributed by atoms with Gasteiger partial charge < -0.3 is 0 Å². The molecule has 4 heteroatoms. The number of benzene rings is 1. The Labute approximate surface area is 136 Å². The zero-order chi connectivity index (χ0) is 14.4. The standard InChI is InChI=1S/C18H17N3.ClH/c1-18(2)11-13-6-3-4-8-16(13)17(20-18)14-10-15-7-5-9-21(15)19-12-14;/h3-10,12H,11H2,1-2H3;1H. The van der Waals surface area contributed by atoms with Crippen molar-refractivity contribution in [3.63, 3.8) is 0 Å². The Morgan fingerprint density at radius 1 is 1.09 bits per heavy atom. The quantitative estimate of drug-likeness (QED) is 0.669. The highest BCUT2D eigenvalue weighted by molar-refractivity contribution is 6.14. The number of halogens is 1. The molecule has 2 aromatic heterocycles. The Hall–Kier alpha value is -2.13. The van der Waals surface area contributed by atoms with Gasteiger partial charge in [-0.2, -0.15) is 5.10 Å². The minimum absolute atomic E-state index is 0. The summed E-state index contributed by atoms with van der Waals surface area (Å²) >= 11 is 0. The molecule has 112 valence electrons. The molecule has 0 spiro atoms. The van der Waals surface area contributed by atoms with E-state index >= 15 is 0 Å². The highest BCUT2D eigenvalue weighted by Crippen LogP contribution is 2.29. The van der Waals surface area contributed by atoms with E-state index in [2.05, 4.69) is 55.3 Å². The lowest BCUT2D eigenvalue weighted by atomic mass is 9.85. The van der Waals surface area contributed by atoms with Crippen molar-refractivity contribution in [1.29, 1.82) is 0 Å². The Kier molecular flexibility index (Phi) is 3.53. The first-order valence-corrected chi connectivity index (χ1v) is 7.24. The highest BCUT2D eigenvalue weighted by atomic mass is 35.5. The van der Waals surface area contributed by atoms with Gasteiger partial charge in [-0.1, -0.05) is 24.3 Å². The first-order valence-electron chi connectivity index (χ1n) is 7.24. The van der Waals surface area contributed by atoms with E-state index in [0.717, 1.165) is 23.2 Å². The second-order valence-corrected chi connectivity index (χ2v) is 6.23. The van der Waals surface area contributed by atoms with Gasteiger partial charge in [0.25, 0.3) is 0 Å². The fourth-order valence-corrected chi connectivity index (χ4v) is 3.05. The van der Waals surface area contributed by atoms with Crippen LogP contribution in [-0.4, -0.2) is 20.9 Å². The fourth-order valence-electron chi connectivity index (χ4n) is 3.05. The van der Waals surface area contributed by atoms with E-state index in [1.165, 1.54) is 11.1 Å². The van der Waals surface area contributed by atoms with E-state index in [9.17, 15) is 0 Å². The van der Waals surface area contributed by atoms with Crippen LogP contribution in [0.2, 0.25) is 0 Å². The predicted molar refractivity (Wildman–Crippen MR) is 92.3 cm³/mol. The van der Waals surface area contributed by atoms with Crippen LogP contribution in [0.4, 0.5) is 0 Å². The van der Waals surface area contributed by atoms with Crippen molar-refractivity contribution >= 4 is 23.6 Å². The van der Waals surface area contributed by atoms with E-state index in [-0.39, 0.29) is 17.9 Å². The molecule has 0 unspecified atom stereocenters. The average molecular weight is 312 g/mol. The molecule has 1 aromatic carbocycles. The Balaban J connectivity index is 0.00000144. The summed E-state index contributed by atoms with van der Waals surface area (Å²) in [6.07, 6.45) is 4.84. The molecule has 0 fully saturated rings. The molecule has 4 rings (SSSR count). The van der Waals surface area contributed by atoms with Gasteiger partial charge >= 0.3 is 0 Å². The van der Waals surface area contributed by atoms with Gasteiger partial charge in [0, 0.05) is 17.3 Å². The molecule has 3 aromatic rings. The van der Waals surface area contributed by atoms with Crippen molar-refractivity contribution in [1.82, 2.24) is 9.61 Å². The van der Waals surface area contributed by atoms with E-state index in [4.69, 9.17) is 4.99 Å². The number of hydrogen-bond acceptors (Lipinski definition) is 2. The first-order chi connectivity index (χ1) is 10.1. The topological polar surface area (TPSA) is 29.7 Å². The van der Waals surface area contributed by atoms with Gasteiger partial charge in [0.2, 0.25) is 0 Å². The molecule has 22 heavy (non-hydrogen) atoms. The number of rotatable bonds is 1. The molecule has 0 atom stereocenters. The summed E-state index contributed by atoms with van der Waals surface area (Å²) in [4.78, 5) is 4.98. The molecule has 0 amide bonds. The van der Waals surface area contributed by atoms with E-state index in [1.54, 1.807) is 0 Å². The lowest BCUT2D eigenvalue weighted by molar-refractivity contribution is 0.513. The van der Waals surface area contributed by atoms with Gasteiger partial charge in [0.1, 0.15) is 0 Å². The zero-order valence-electron chi connectivity index (χ0n) is 12.7. The van der Waals surface area contributed by atoms with Gasteiger partial charge in [0.15, 0.2) is 0 Å². The summed E-state index contributed by atoms with van der Waals surface area (Å²) < 4.78 is 1.88. The number of aliphatic imine (C=N–C) groups is 1. The number of aromatic nitrogens is 2. The van der Waals surface area contributed by atoms with E-state index in [0.29, 0.717) is 0 Å². The number of nitrogens with zero attached hydrogens (tertiary/aromatic N) is 3. The van der Waals surface area contributed by atoms with Crippen molar-refractivity contribution < 1.29 is 0 Å². The summed E-state index contributed by atoms with van der Waals surface area (Å²) in [5, 5.41) is 4.47. The van der Waals surface area contributed by atoms with Crippen molar-refractivity contribution in [2.24, 2.45) is 4.99 Å². The third kappa shape index (κ3) is 2.42. The third-order valence-corrected chi connectivity index (χ3v) is 3.97. The van der Waals surface area contributed by atoms with Crippen LogP contribution in [0, 0.1) is 0 Å². The van der Waals surface area contributed by atoms with Gasteiger partial charge in [-0.15, -0.1) is 12.4 Å². The summed E-state index contributed by atoms with van der Waals surface area (Å²) in [6, 6.07) is 14.8. The van der Waals surface area contributed by atoms with Crippen LogP contribution in [0.25, 0.3) is 5.52 Å². The van der Waals surface area contributed by atoms with Crippen molar-refractivity contribution in [2.75, 3.05) is 0 Å². The molecule has 0 radical (unpaired) electrons. The Morgan fingerprint density at radius 2 is 1.91 bits per heavy atom. The number of fused-ring (bicyclic) bond motifs is 2. The minimum Gasteiger partial charge on any atom is -0.278 e. The average Bonchev–Trinajstić information content (AvgIpc) is 2.92. The van der Waals surface area contributed by atoms with Crippen LogP contribution in [-0.2, 0) is 6.42 Å². The molecule has 1 aliphatic heterocycles. The SMILES string of the molecule is CC1(C)Cc2ccccc2C(c2cnn3cccc3c2)=N1.Cl. The molecule has 0 bridgehead atoms. The second-order valence-electron chi connectivity index (χ2n) is 6.23. The Bertz CT molecular complexity index is 861. The monoisotopic (exact) mass is 311 g/mol. The zero-order valence-corrected chi connectivity index (χ0v) is 13.5. The van der Waals surface area contributed by atoms with Gasteiger partial charge in [-0.05, 0) is 44.0 Å². The van der Waals surface area contributed by atoms with Gasteiger partial charge in [-0.25, -0.2) is 4.52 Å². The van der Waals surface area contributed by atoms with Crippen LogP contribution >= 0.6 is 12.4 Å². The Morgan fingerprint density at radius 3 is 2.77 bits per heavy atom. The van der Waals surface area contributed by atoms with Gasteiger partial charge in [-0.3, -0.25) is 4.99 Å². The molecule has 0 saturated carbocycles. The van der Waals surface area contributed by atoms with Crippen LogP contribution in [0.5, 0.6) is 0 Å². The lowest BCUT2D eigenvalue weighted by Gasteiger charge is -2.29. The van der Waals surface area contributed by atoms with Crippen LogP contribution in [0.3, 0.4) is 0 Å². The molecular formula is C18H18ClN3. The van der Waals surface area contributed by atoms with Crippen molar-refractivity contribution in [3.8, 4) is 0 Å². The van der Waals surface area contributed by atoms with Crippen LogP contribution in [0.1, 0.15) is 30.5 Å². The first kappa shape index (κ1) is 14.8. The summed E-state index contributed by atoms with van der Waals surface area (Å²) in [5.41, 5.74) is 5.76. The third-order valence-electron chi connectivity index (χ3n) is 3.97. The van der Waals surface area contributed by atoms with Crippen molar-refractivity contribution in [3.05, 3.63) is 71.5 Å². The normalized spacial score (nSPS) is 15.8. The maximum absolute atomic E-state index is 4.98. The molecule has 1 aliphatic rings. The van der Waals surface area contributed by atoms with E-state index < -0.39 is 0 Å². The molecule has 0 aliphatic carbocycles. The molecule has 3 heterocycles. The van der Waals surface area contributed by atoms with Crippen LogP contribution in [0.15, 0.2) is 59.9 Å². The summed E-state index contributed by atoms with van der Waals surface area (Å²) in [6.45, 7) is 4.37. The summed E-state index contributed by atoms with van der Waals surface area (Å²) in [5.74, 6) is 0. The smallest absolute Gasteiger partial charge is 0.0745 e. The predicted octanol–water partition coefficient (Wildman–Crippen LogP) is 3.93.